The van der Waals surface area contributed by atoms with Gasteiger partial charge < -0.3 is 10.1 Å². The minimum atomic E-state index is 0.128. The Morgan fingerprint density at radius 3 is 2.11 bits per heavy atom. The van der Waals surface area contributed by atoms with Crippen LogP contribution in [-0.4, -0.2) is 25.3 Å². The Labute approximate surface area is 119 Å². The van der Waals surface area contributed by atoms with Crippen LogP contribution >= 0.6 is 0 Å². The first-order chi connectivity index (χ1) is 9.32. The van der Waals surface area contributed by atoms with Gasteiger partial charge in [0.2, 0.25) is 0 Å². The standard InChI is InChI=1S/C17H33NO/c1-3-18-16(15-11-7-4-5-8-12-15)17(19-2)13-9-6-10-14-17/h15-16,18H,3-14H2,1-2H3. The number of nitrogens with one attached hydrogen (secondary N) is 1. The van der Waals surface area contributed by atoms with Crippen molar-refractivity contribution >= 4 is 0 Å². The van der Waals surface area contributed by atoms with Crippen molar-refractivity contribution in [1.82, 2.24) is 5.32 Å². The Balaban J connectivity index is 2.11. The Morgan fingerprint density at radius 1 is 1.00 bits per heavy atom. The molecule has 0 heterocycles. The lowest BCUT2D eigenvalue weighted by Gasteiger charge is -2.46. The van der Waals surface area contributed by atoms with Gasteiger partial charge in [0.25, 0.3) is 0 Å². The van der Waals surface area contributed by atoms with Crippen molar-refractivity contribution in [3.05, 3.63) is 0 Å². The van der Waals surface area contributed by atoms with E-state index in [2.05, 4.69) is 12.2 Å². The summed E-state index contributed by atoms with van der Waals surface area (Å²) in [7, 11) is 1.95. The van der Waals surface area contributed by atoms with E-state index in [1.54, 1.807) is 0 Å². The van der Waals surface area contributed by atoms with Gasteiger partial charge in [-0.3, -0.25) is 0 Å². The van der Waals surface area contributed by atoms with E-state index in [1.807, 2.05) is 7.11 Å². The van der Waals surface area contributed by atoms with Gasteiger partial charge in [0.15, 0.2) is 0 Å². The lowest BCUT2D eigenvalue weighted by molar-refractivity contribution is -0.0828. The SMILES string of the molecule is CCNC(C1CCCCCC1)C1(OC)CCCCC1. The molecule has 112 valence electrons. The van der Waals surface area contributed by atoms with Gasteiger partial charge in [0.05, 0.1) is 5.60 Å². The highest BCUT2D eigenvalue weighted by molar-refractivity contribution is 4.98. The maximum Gasteiger partial charge on any atom is 0.0833 e. The lowest BCUT2D eigenvalue weighted by Crippen LogP contribution is -2.56. The molecule has 0 bridgehead atoms. The highest BCUT2D eigenvalue weighted by atomic mass is 16.5. The molecule has 2 rings (SSSR count). The van der Waals surface area contributed by atoms with E-state index in [1.165, 1.54) is 70.6 Å². The van der Waals surface area contributed by atoms with Crippen molar-refractivity contribution in [2.75, 3.05) is 13.7 Å². The van der Waals surface area contributed by atoms with Crippen LogP contribution in [0, 0.1) is 5.92 Å². The largest absolute Gasteiger partial charge is 0.377 e. The fraction of sp³-hybridized carbons (Fsp3) is 1.00. The van der Waals surface area contributed by atoms with E-state index in [9.17, 15) is 0 Å². The Kier molecular flexibility index (Phi) is 6.15. The maximum atomic E-state index is 6.13. The van der Waals surface area contributed by atoms with Gasteiger partial charge in [0.1, 0.15) is 0 Å². The van der Waals surface area contributed by atoms with E-state index < -0.39 is 0 Å². The first-order valence-electron chi connectivity index (χ1n) is 8.61. The second-order valence-electron chi connectivity index (χ2n) is 6.62. The first-order valence-corrected chi connectivity index (χ1v) is 8.61. The summed E-state index contributed by atoms with van der Waals surface area (Å²) in [5.41, 5.74) is 0.128. The van der Waals surface area contributed by atoms with Crippen LogP contribution in [0.25, 0.3) is 0 Å². The number of hydrogen-bond acceptors (Lipinski definition) is 2. The summed E-state index contributed by atoms with van der Waals surface area (Å²) in [4.78, 5) is 0. The second-order valence-corrected chi connectivity index (χ2v) is 6.62. The molecule has 0 aromatic rings. The van der Waals surface area contributed by atoms with Crippen LogP contribution in [0.1, 0.15) is 77.6 Å². The van der Waals surface area contributed by atoms with Gasteiger partial charge in [-0.05, 0) is 38.1 Å². The predicted molar refractivity (Wildman–Crippen MR) is 81.5 cm³/mol. The molecule has 0 spiro atoms. The number of methoxy groups -OCH3 is 1. The molecule has 2 fully saturated rings. The smallest absolute Gasteiger partial charge is 0.0833 e. The number of ether oxygens (including phenoxy) is 1. The molecule has 19 heavy (non-hydrogen) atoms. The van der Waals surface area contributed by atoms with Crippen LogP contribution in [0.2, 0.25) is 0 Å². The van der Waals surface area contributed by atoms with Gasteiger partial charge in [-0.2, -0.15) is 0 Å². The topological polar surface area (TPSA) is 21.3 Å². The molecule has 0 amide bonds. The molecule has 0 aliphatic heterocycles. The monoisotopic (exact) mass is 267 g/mol. The number of likely N-dealkylation sites (N-methyl/N-ethyl adjacent to an activating group) is 1. The molecule has 2 nitrogen and oxygen atoms in total. The van der Waals surface area contributed by atoms with Crippen LogP contribution in [0.3, 0.4) is 0 Å². The molecular weight excluding hydrogens is 234 g/mol. The van der Waals surface area contributed by atoms with Crippen molar-refractivity contribution < 1.29 is 4.74 Å². The van der Waals surface area contributed by atoms with Crippen LogP contribution < -0.4 is 5.32 Å². The summed E-state index contributed by atoms with van der Waals surface area (Å²) in [6, 6.07) is 0.584. The zero-order valence-corrected chi connectivity index (χ0v) is 13.0. The first kappa shape index (κ1) is 15.3. The van der Waals surface area contributed by atoms with Crippen molar-refractivity contribution in [2.24, 2.45) is 5.92 Å². The van der Waals surface area contributed by atoms with Gasteiger partial charge in [-0.1, -0.05) is 51.9 Å². The van der Waals surface area contributed by atoms with Crippen molar-refractivity contribution in [2.45, 2.75) is 89.2 Å². The normalized spacial score (nSPS) is 26.8. The summed E-state index contributed by atoms with van der Waals surface area (Å²) in [5.74, 6) is 0.834. The highest BCUT2D eigenvalue weighted by Crippen LogP contribution is 2.40. The zero-order chi connectivity index (χ0) is 13.6. The number of rotatable bonds is 5. The molecule has 2 saturated carbocycles. The zero-order valence-electron chi connectivity index (χ0n) is 13.0. The molecule has 1 unspecified atom stereocenters. The fourth-order valence-corrected chi connectivity index (χ4v) is 4.44. The fourth-order valence-electron chi connectivity index (χ4n) is 4.44. The van der Waals surface area contributed by atoms with Gasteiger partial charge in [-0.25, -0.2) is 0 Å². The third kappa shape index (κ3) is 3.72. The summed E-state index contributed by atoms with van der Waals surface area (Å²) < 4.78 is 6.13. The van der Waals surface area contributed by atoms with Gasteiger partial charge >= 0.3 is 0 Å². The summed E-state index contributed by atoms with van der Waals surface area (Å²) >= 11 is 0. The second kappa shape index (κ2) is 7.64. The van der Waals surface area contributed by atoms with E-state index in [0.29, 0.717) is 6.04 Å². The van der Waals surface area contributed by atoms with E-state index in [-0.39, 0.29) is 5.60 Å². The predicted octanol–water partition coefficient (Wildman–Crippen LogP) is 4.28. The van der Waals surface area contributed by atoms with Crippen LogP contribution in [0.15, 0.2) is 0 Å². The molecule has 0 saturated heterocycles. The molecule has 1 N–H and O–H groups in total. The molecule has 0 radical (unpaired) electrons. The van der Waals surface area contributed by atoms with E-state index in [4.69, 9.17) is 4.74 Å². The molecule has 0 aromatic carbocycles. The Morgan fingerprint density at radius 2 is 1.58 bits per heavy atom. The van der Waals surface area contributed by atoms with Crippen molar-refractivity contribution in [3.8, 4) is 0 Å². The summed E-state index contributed by atoms with van der Waals surface area (Å²) in [6.07, 6.45) is 15.2. The average molecular weight is 267 g/mol. The molecular formula is C17H33NO. The molecule has 1 atom stereocenters. The molecule has 0 aromatic heterocycles. The maximum absolute atomic E-state index is 6.13. The lowest BCUT2D eigenvalue weighted by atomic mass is 9.72. The van der Waals surface area contributed by atoms with Crippen LogP contribution in [0.5, 0.6) is 0 Å². The quantitative estimate of drug-likeness (QED) is 0.751. The van der Waals surface area contributed by atoms with Crippen molar-refractivity contribution in [1.29, 1.82) is 0 Å². The summed E-state index contributed by atoms with van der Waals surface area (Å²) in [5, 5.41) is 3.82. The number of hydrogen-bond donors (Lipinski definition) is 1. The van der Waals surface area contributed by atoms with Crippen LogP contribution in [-0.2, 0) is 4.74 Å². The Bertz CT molecular complexity index is 240. The third-order valence-corrected chi connectivity index (χ3v) is 5.47. The third-order valence-electron chi connectivity index (χ3n) is 5.47. The highest BCUT2D eigenvalue weighted by Gasteiger charge is 2.43. The van der Waals surface area contributed by atoms with Gasteiger partial charge in [0, 0.05) is 13.2 Å². The minimum Gasteiger partial charge on any atom is -0.377 e. The minimum absolute atomic E-state index is 0.128. The van der Waals surface area contributed by atoms with Crippen molar-refractivity contribution in [3.63, 3.8) is 0 Å². The summed E-state index contributed by atoms with van der Waals surface area (Å²) in [6.45, 7) is 3.32. The molecule has 2 aliphatic carbocycles. The molecule has 2 aliphatic rings. The van der Waals surface area contributed by atoms with E-state index in [0.717, 1.165) is 12.5 Å². The Hall–Kier alpha value is -0.0800. The van der Waals surface area contributed by atoms with Gasteiger partial charge in [-0.15, -0.1) is 0 Å². The molecule has 2 heteroatoms. The van der Waals surface area contributed by atoms with E-state index >= 15 is 0 Å². The van der Waals surface area contributed by atoms with Crippen LogP contribution in [0.4, 0.5) is 0 Å². The average Bonchev–Trinajstić information content (AvgIpc) is 2.74.